The quantitative estimate of drug-likeness (QED) is 0.234. The Balaban J connectivity index is 1.67. The van der Waals surface area contributed by atoms with E-state index < -0.39 is 0 Å². The average Bonchev–Trinajstić information content (AvgIpc) is 3.29. The lowest BCUT2D eigenvalue weighted by Gasteiger charge is -2.36. The zero-order valence-electron chi connectivity index (χ0n) is 19.2. The summed E-state index contributed by atoms with van der Waals surface area (Å²) in [5.41, 5.74) is 5.62. The lowest BCUT2D eigenvalue weighted by atomic mass is 10.0. The minimum atomic E-state index is 0.473. The van der Waals surface area contributed by atoms with Crippen LogP contribution in [0.4, 0.5) is 5.00 Å². The molecule has 0 amide bonds. The molecule has 33 heavy (non-hydrogen) atoms. The van der Waals surface area contributed by atoms with Crippen LogP contribution < -0.4 is 0 Å². The molecule has 0 radical (unpaired) electrons. The molecular formula is C29H29N3S. The van der Waals surface area contributed by atoms with E-state index in [2.05, 4.69) is 91.5 Å². The number of amidine groups is 1. The molecule has 1 atom stereocenters. The summed E-state index contributed by atoms with van der Waals surface area (Å²) in [6, 6.07) is 30.1. The number of nitrogens with zero attached hydrogens (tertiary/aromatic N) is 3. The van der Waals surface area contributed by atoms with Gasteiger partial charge in [-0.25, -0.2) is 9.98 Å². The normalized spacial score (nSPS) is 16.7. The Kier molecular flexibility index (Phi) is 6.36. The van der Waals surface area contributed by atoms with Crippen molar-refractivity contribution in [3.63, 3.8) is 0 Å². The fourth-order valence-corrected chi connectivity index (χ4v) is 5.35. The van der Waals surface area contributed by atoms with Crippen LogP contribution in [0.15, 0.2) is 89.9 Å². The highest BCUT2D eigenvalue weighted by Gasteiger charge is 2.24. The molecule has 0 aliphatic carbocycles. The molecule has 1 saturated heterocycles. The van der Waals surface area contributed by atoms with Gasteiger partial charge < -0.3 is 4.90 Å². The molecule has 1 aliphatic rings. The second-order valence-corrected chi connectivity index (χ2v) is 9.72. The summed E-state index contributed by atoms with van der Waals surface area (Å²) in [5.74, 6) is 1.06. The number of hydrogen-bond donors (Lipinski definition) is 0. The van der Waals surface area contributed by atoms with Crippen LogP contribution in [0.2, 0.25) is 0 Å². The van der Waals surface area contributed by atoms with E-state index in [1.807, 2.05) is 12.1 Å². The maximum atomic E-state index is 5.35. The number of hydrogen-bond acceptors (Lipinski definition) is 3. The number of piperidine rings is 1. The third-order valence-electron chi connectivity index (χ3n) is 6.27. The van der Waals surface area contributed by atoms with Gasteiger partial charge >= 0.3 is 0 Å². The first-order valence-electron chi connectivity index (χ1n) is 11.7. The summed E-state index contributed by atoms with van der Waals surface area (Å²) in [6.07, 6.45) is 3.69. The molecule has 0 saturated carbocycles. The fourth-order valence-electron chi connectivity index (χ4n) is 4.38. The van der Waals surface area contributed by atoms with Gasteiger partial charge in [0, 0.05) is 29.3 Å². The van der Waals surface area contributed by atoms with Crippen molar-refractivity contribution in [3.05, 3.63) is 96.1 Å². The summed E-state index contributed by atoms with van der Waals surface area (Å²) in [7, 11) is 0. The summed E-state index contributed by atoms with van der Waals surface area (Å²) in [5, 5.41) is 1.97. The van der Waals surface area contributed by atoms with Gasteiger partial charge in [0.15, 0.2) is 0 Å². The van der Waals surface area contributed by atoms with Gasteiger partial charge in [-0.2, -0.15) is 0 Å². The molecule has 166 valence electrons. The molecule has 3 aromatic carbocycles. The largest absolute Gasteiger partial charge is 0.353 e. The van der Waals surface area contributed by atoms with Gasteiger partial charge in [-0.15, -0.1) is 0 Å². The van der Waals surface area contributed by atoms with Crippen LogP contribution in [-0.2, 0) is 0 Å². The van der Waals surface area contributed by atoms with Gasteiger partial charge in [0.05, 0.1) is 0 Å². The average molecular weight is 452 g/mol. The van der Waals surface area contributed by atoms with Gasteiger partial charge in [0.1, 0.15) is 21.5 Å². The number of benzene rings is 3. The zero-order chi connectivity index (χ0) is 22.6. The zero-order valence-corrected chi connectivity index (χ0v) is 20.1. The Morgan fingerprint density at radius 2 is 1.55 bits per heavy atom. The van der Waals surface area contributed by atoms with E-state index in [4.69, 9.17) is 9.98 Å². The highest BCUT2D eigenvalue weighted by Crippen LogP contribution is 2.40. The molecule has 0 N–H and O–H groups in total. The molecular weight excluding hydrogens is 422 g/mol. The Labute approximate surface area is 200 Å². The first-order valence-corrected chi connectivity index (χ1v) is 12.5. The van der Waals surface area contributed by atoms with Crippen molar-refractivity contribution in [3.8, 4) is 21.8 Å². The smallest absolute Gasteiger partial charge is 0.146 e. The SMILES string of the molecule is Cc1ccc(/C(=N/c2sc(-c3ccccc3)nc2-c2ccccc2)N2CCCCC2C)cc1. The van der Waals surface area contributed by atoms with Crippen LogP contribution in [0.1, 0.15) is 37.3 Å². The highest BCUT2D eigenvalue weighted by atomic mass is 32.1. The van der Waals surface area contributed by atoms with Crippen LogP contribution in [0.25, 0.3) is 21.8 Å². The molecule has 1 aliphatic heterocycles. The minimum Gasteiger partial charge on any atom is -0.353 e. The number of thiazole rings is 1. The van der Waals surface area contributed by atoms with Crippen molar-refractivity contribution in [1.82, 2.24) is 9.88 Å². The van der Waals surface area contributed by atoms with Gasteiger partial charge in [0.2, 0.25) is 0 Å². The van der Waals surface area contributed by atoms with E-state index in [-0.39, 0.29) is 0 Å². The van der Waals surface area contributed by atoms with Crippen molar-refractivity contribution in [2.24, 2.45) is 4.99 Å². The maximum absolute atomic E-state index is 5.35. The summed E-state index contributed by atoms with van der Waals surface area (Å²) < 4.78 is 0. The molecule has 0 bridgehead atoms. The molecule has 1 aromatic heterocycles. The standard InChI is InChI=1S/C29H29N3S/c1-21-16-18-24(19-17-21)27(32-20-10-9-11-22(32)2)31-29-26(23-12-5-3-6-13-23)30-28(33-29)25-14-7-4-8-15-25/h3-8,12-19,22H,9-11,20H2,1-2H3/b31-27-. The predicted octanol–water partition coefficient (Wildman–Crippen LogP) is 7.74. The topological polar surface area (TPSA) is 28.5 Å². The van der Waals surface area contributed by atoms with Crippen molar-refractivity contribution in [2.45, 2.75) is 39.2 Å². The van der Waals surface area contributed by atoms with Crippen LogP contribution in [-0.4, -0.2) is 28.3 Å². The lowest BCUT2D eigenvalue weighted by Crippen LogP contribution is -2.42. The van der Waals surface area contributed by atoms with E-state index in [9.17, 15) is 0 Å². The second kappa shape index (κ2) is 9.72. The Hall–Kier alpha value is -3.24. The highest BCUT2D eigenvalue weighted by molar-refractivity contribution is 7.19. The maximum Gasteiger partial charge on any atom is 0.146 e. The number of aromatic nitrogens is 1. The van der Waals surface area contributed by atoms with Crippen molar-refractivity contribution in [1.29, 1.82) is 0 Å². The third-order valence-corrected chi connectivity index (χ3v) is 7.27. The number of aliphatic imine (C=N–C) groups is 1. The molecule has 3 nitrogen and oxygen atoms in total. The van der Waals surface area contributed by atoms with Gasteiger partial charge in [-0.1, -0.05) is 102 Å². The van der Waals surface area contributed by atoms with Crippen molar-refractivity contribution in [2.75, 3.05) is 6.54 Å². The Morgan fingerprint density at radius 3 is 2.21 bits per heavy atom. The van der Waals surface area contributed by atoms with E-state index in [0.29, 0.717) is 6.04 Å². The van der Waals surface area contributed by atoms with Gasteiger partial charge in [-0.3, -0.25) is 0 Å². The number of aryl methyl sites for hydroxylation is 1. The molecule has 5 rings (SSSR count). The van der Waals surface area contributed by atoms with Crippen molar-refractivity contribution < 1.29 is 0 Å². The number of likely N-dealkylation sites (tertiary alicyclic amines) is 1. The minimum absolute atomic E-state index is 0.473. The van der Waals surface area contributed by atoms with Gasteiger partial charge in [-0.05, 0) is 33.1 Å². The molecule has 1 unspecified atom stereocenters. The molecule has 0 spiro atoms. The van der Waals surface area contributed by atoms with Crippen LogP contribution in [0, 0.1) is 6.92 Å². The van der Waals surface area contributed by atoms with E-state index >= 15 is 0 Å². The Bertz CT molecular complexity index is 1230. The van der Waals surface area contributed by atoms with Crippen LogP contribution in [0.5, 0.6) is 0 Å². The van der Waals surface area contributed by atoms with Gasteiger partial charge in [0.25, 0.3) is 0 Å². The first-order chi connectivity index (χ1) is 16.2. The molecule has 4 heteroatoms. The van der Waals surface area contributed by atoms with Crippen molar-refractivity contribution >= 4 is 22.2 Å². The monoisotopic (exact) mass is 451 g/mol. The summed E-state index contributed by atoms with van der Waals surface area (Å²) in [6.45, 7) is 5.49. The van der Waals surface area contributed by atoms with Crippen LogP contribution in [0.3, 0.4) is 0 Å². The van der Waals surface area contributed by atoms with E-state index in [0.717, 1.165) is 39.2 Å². The fraction of sp³-hybridized carbons (Fsp3) is 0.241. The molecule has 1 fully saturated rings. The first kappa shape index (κ1) is 21.6. The molecule has 2 heterocycles. The number of rotatable bonds is 4. The lowest BCUT2D eigenvalue weighted by molar-refractivity contribution is 0.259. The third kappa shape index (κ3) is 4.76. The molecule has 4 aromatic rings. The van der Waals surface area contributed by atoms with E-state index in [1.54, 1.807) is 11.3 Å². The second-order valence-electron chi connectivity index (χ2n) is 8.74. The van der Waals surface area contributed by atoms with E-state index in [1.165, 1.54) is 30.4 Å². The Morgan fingerprint density at radius 1 is 0.879 bits per heavy atom. The summed E-state index contributed by atoms with van der Waals surface area (Å²) in [4.78, 5) is 12.9. The summed E-state index contributed by atoms with van der Waals surface area (Å²) >= 11 is 1.67. The van der Waals surface area contributed by atoms with Crippen LogP contribution >= 0.6 is 11.3 Å². The predicted molar refractivity (Wildman–Crippen MR) is 140 cm³/mol.